The second-order valence-corrected chi connectivity index (χ2v) is 13.7. The fourth-order valence-corrected chi connectivity index (χ4v) is 7.95. The number of aromatic amines is 1. The molecule has 2 aliphatic rings. The summed E-state index contributed by atoms with van der Waals surface area (Å²) in [5.74, 6) is 0.427. The molecule has 0 bridgehead atoms. The first-order valence-electron chi connectivity index (χ1n) is 14.6. The minimum absolute atomic E-state index is 0.0310. The van der Waals surface area contributed by atoms with Crippen molar-refractivity contribution in [3.8, 4) is 17.2 Å². The number of aromatic hydroxyl groups is 1. The van der Waals surface area contributed by atoms with Crippen LogP contribution >= 0.6 is 11.6 Å². The fraction of sp³-hybridized carbons (Fsp3) is 0.312. The molecule has 1 saturated heterocycles. The number of H-pyrrole nitrogens is 1. The third kappa shape index (κ3) is 5.74. The largest absolute Gasteiger partial charge is 0.506 e. The number of aromatic nitrogens is 1. The standard InChI is InChI=1S/C32H33ClN4O6S/c33-27-16-24(10-13-30(27)38)43-23-8-11-25(12-9-23)44(41,42)37-29(15-22-18-35-28-7-2-1-6-26(22)28)31(39)36(32(37)40)19-21-5-3-4-20(14-21)17-34/h1-2,6-13,16,18,20-21,29,35,38H,3-5,14-15,17,19,34H2. The second kappa shape index (κ2) is 12.1. The van der Waals surface area contributed by atoms with E-state index in [0.29, 0.717) is 24.0 Å². The van der Waals surface area contributed by atoms with E-state index < -0.39 is 28.0 Å². The van der Waals surface area contributed by atoms with Crippen molar-refractivity contribution in [2.75, 3.05) is 13.1 Å². The van der Waals surface area contributed by atoms with Crippen molar-refractivity contribution in [1.29, 1.82) is 0 Å². The second-order valence-electron chi connectivity index (χ2n) is 11.4. The average Bonchev–Trinajstić information content (AvgIpc) is 3.53. The van der Waals surface area contributed by atoms with Gasteiger partial charge in [0.15, 0.2) is 0 Å². The van der Waals surface area contributed by atoms with Crippen LogP contribution in [-0.4, -0.2) is 58.8 Å². The van der Waals surface area contributed by atoms with Crippen molar-refractivity contribution >= 4 is 44.5 Å². The Morgan fingerprint density at radius 3 is 2.48 bits per heavy atom. The molecule has 0 spiro atoms. The zero-order valence-electron chi connectivity index (χ0n) is 23.9. The van der Waals surface area contributed by atoms with Crippen LogP contribution in [0.4, 0.5) is 4.79 Å². The van der Waals surface area contributed by atoms with Crippen molar-refractivity contribution in [1.82, 2.24) is 14.2 Å². The number of benzene rings is 3. The van der Waals surface area contributed by atoms with E-state index in [2.05, 4.69) is 4.98 Å². The molecule has 6 rings (SSSR count). The third-order valence-corrected chi connectivity index (χ3v) is 10.6. The van der Waals surface area contributed by atoms with E-state index in [1.165, 1.54) is 42.5 Å². The molecule has 2 heterocycles. The molecule has 230 valence electrons. The maximum atomic E-state index is 14.1. The number of ether oxygens (including phenoxy) is 1. The Kier molecular flexibility index (Phi) is 8.28. The summed E-state index contributed by atoms with van der Waals surface area (Å²) >= 11 is 5.96. The predicted molar refractivity (Wildman–Crippen MR) is 166 cm³/mol. The number of imide groups is 1. The van der Waals surface area contributed by atoms with E-state index in [1.807, 2.05) is 24.3 Å². The van der Waals surface area contributed by atoms with Crippen LogP contribution in [0.1, 0.15) is 31.2 Å². The molecular weight excluding hydrogens is 604 g/mol. The molecule has 4 aromatic rings. The highest BCUT2D eigenvalue weighted by atomic mass is 35.5. The van der Waals surface area contributed by atoms with Crippen LogP contribution in [0.2, 0.25) is 5.02 Å². The van der Waals surface area contributed by atoms with Gasteiger partial charge >= 0.3 is 6.03 Å². The Hall–Kier alpha value is -4.06. The number of fused-ring (bicyclic) bond motifs is 1. The van der Waals surface area contributed by atoms with Crippen molar-refractivity contribution in [2.24, 2.45) is 17.6 Å². The van der Waals surface area contributed by atoms with Crippen molar-refractivity contribution in [3.63, 3.8) is 0 Å². The number of para-hydroxylation sites is 1. The van der Waals surface area contributed by atoms with Crippen LogP contribution in [-0.2, 0) is 21.2 Å². The molecule has 1 aliphatic heterocycles. The zero-order valence-corrected chi connectivity index (χ0v) is 25.4. The summed E-state index contributed by atoms with van der Waals surface area (Å²) in [5.41, 5.74) is 7.51. The van der Waals surface area contributed by atoms with Gasteiger partial charge in [-0.15, -0.1) is 0 Å². The number of halogens is 1. The number of carbonyl (C=O) groups is 2. The van der Waals surface area contributed by atoms with Crippen molar-refractivity contribution in [2.45, 2.75) is 43.0 Å². The molecule has 1 aliphatic carbocycles. The number of hydrogen-bond acceptors (Lipinski definition) is 7. The van der Waals surface area contributed by atoms with Gasteiger partial charge in [0, 0.05) is 36.1 Å². The SMILES string of the molecule is NCC1CCCC(CN2C(=O)C(Cc3c[nH]c4ccccc34)N(S(=O)(=O)c3ccc(Oc4ccc(O)c(Cl)c4)cc3)C2=O)C1. The lowest BCUT2D eigenvalue weighted by Crippen LogP contribution is -2.41. The highest BCUT2D eigenvalue weighted by Gasteiger charge is 2.52. The summed E-state index contributed by atoms with van der Waals surface area (Å²) in [6.45, 7) is 0.702. The third-order valence-electron chi connectivity index (χ3n) is 8.54. The monoisotopic (exact) mass is 636 g/mol. The Labute approximate surface area is 260 Å². The van der Waals surface area contributed by atoms with E-state index >= 15 is 0 Å². The Morgan fingerprint density at radius 2 is 1.73 bits per heavy atom. The molecule has 3 atom stereocenters. The molecule has 1 saturated carbocycles. The van der Waals surface area contributed by atoms with Gasteiger partial charge in [-0.05, 0) is 85.7 Å². The van der Waals surface area contributed by atoms with E-state index in [1.54, 1.807) is 6.20 Å². The normalized spacial score (nSPS) is 20.9. The van der Waals surface area contributed by atoms with Gasteiger partial charge in [-0.1, -0.05) is 36.2 Å². The van der Waals surface area contributed by atoms with Crippen LogP contribution in [0.15, 0.2) is 77.8 Å². The molecule has 1 aromatic heterocycles. The minimum atomic E-state index is -4.44. The highest BCUT2D eigenvalue weighted by molar-refractivity contribution is 7.89. The number of phenolic OH excluding ortho intramolecular Hbond substituents is 1. The zero-order chi connectivity index (χ0) is 31.0. The summed E-state index contributed by atoms with van der Waals surface area (Å²) in [7, 11) is -4.44. The number of nitrogens with two attached hydrogens (primary N) is 1. The van der Waals surface area contributed by atoms with Crippen LogP contribution in [0, 0.1) is 11.8 Å². The molecule has 2 fully saturated rings. The van der Waals surface area contributed by atoms with Gasteiger partial charge in [-0.25, -0.2) is 17.5 Å². The molecule has 10 nitrogen and oxygen atoms in total. The average molecular weight is 637 g/mol. The highest BCUT2D eigenvalue weighted by Crippen LogP contribution is 2.35. The van der Waals surface area contributed by atoms with E-state index in [9.17, 15) is 23.1 Å². The van der Waals surface area contributed by atoms with Gasteiger partial charge in [-0.3, -0.25) is 9.69 Å². The maximum absolute atomic E-state index is 14.1. The molecular formula is C32H33ClN4O6S. The van der Waals surface area contributed by atoms with Gasteiger partial charge in [0.25, 0.3) is 15.9 Å². The first-order valence-corrected chi connectivity index (χ1v) is 16.4. The fourth-order valence-electron chi connectivity index (χ4n) is 6.26. The number of sulfonamides is 1. The first-order chi connectivity index (χ1) is 21.2. The summed E-state index contributed by atoms with van der Waals surface area (Å²) in [4.78, 5) is 31.9. The summed E-state index contributed by atoms with van der Waals surface area (Å²) in [6.07, 6.45) is 5.39. The quantitative estimate of drug-likeness (QED) is 0.201. The number of carbonyl (C=O) groups excluding carboxylic acids is 2. The first kappa shape index (κ1) is 30.0. The number of nitrogens with one attached hydrogen (secondary N) is 1. The molecule has 44 heavy (non-hydrogen) atoms. The molecule has 3 unspecified atom stereocenters. The van der Waals surface area contributed by atoms with Crippen LogP contribution in [0.3, 0.4) is 0 Å². The number of urea groups is 1. The Balaban J connectivity index is 1.30. The number of nitrogens with zero attached hydrogens (tertiary/aromatic N) is 2. The van der Waals surface area contributed by atoms with Crippen LogP contribution in [0.5, 0.6) is 17.2 Å². The van der Waals surface area contributed by atoms with Gasteiger partial charge in [0.05, 0.1) is 9.92 Å². The van der Waals surface area contributed by atoms with E-state index in [-0.39, 0.29) is 34.6 Å². The molecule has 4 N–H and O–H groups in total. The molecule has 3 aromatic carbocycles. The Bertz CT molecular complexity index is 1810. The number of amides is 3. The van der Waals surface area contributed by atoms with Crippen molar-refractivity contribution < 1.29 is 27.9 Å². The molecule has 12 heteroatoms. The summed E-state index contributed by atoms with van der Waals surface area (Å²) < 4.78 is 34.7. The van der Waals surface area contributed by atoms with E-state index in [0.717, 1.165) is 51.4 Å². The minimum Gasteiger partial charge on any atom is -0.506 e. The smallest absolute Gasteiger partial charge is 0.341 e. The topological polar surface area (TPSA) is 146 Å². The lowest BCUT2D eigenvalue weighted by Gasteiger charge is -2.30. The number of phenols is 1. The van der Waals surface area contributed by atoms with Gasteiger partial charge in [-0.2, -0.15) is 0 Å². The van der Waals surface area contributed by atoms with Crippen molar-refractivity contribution in [3.05, 3.63) is 83.5 Å². The maximum Gasteiger partial charge on any atom is 0.341 e. The van der Waals surface area contributed by atoms with Crippen LogP contribution < -0.4 is 10.5 Å². The van der Waals surface area contributed by atoms with Gasteiger partial charge in [0.1, 0.15) is 23.3 Å². The lowest BCUT2D eigenvalue weighted by molar-refractivity contribution is -0.128. The summed E-state index contributed by atoms with van der Waals surface area (Å²) in [6, 6.07) is 15.4. The summed E-state index contributed by atoms with van der Waals surface area (Å²) in [5, 5.41) is 10.6. The van der Waals surface area contributed by atoms with Crippen LogP contribution in [0.25, 0.3) is 10.9 Å². The predicted octanol–water partition coefficient (Wildman–Crippen LogP) is 5.65. The number of hydrogen-bond donors (Lipinski definition) is 3. The number of rotatable bonds is 9. The van der Waals surface area contributed by atoms with Gasteiger partial charge < -0.3 is 20.6 Å². The molecule has 3 amide bonds. The van der Waals surface area contributed by atoms with E-state index in [4.69, 9.17) is 22.1 Å². The Morgan fingerprint density at radius 1 is 1.00 bits per heavy atom. The molecule has 0 radical (unpaired) electrons. The van der Waals surface area contributed by atoms with Gasteiger partial charge in [0.2, 0.25) is 0 Å². The lowest BCUT2D eigenvalue weighted by atomic mass is 9.81.